The molecule has 0 aliphatic rings. The van der Waals surface area contributed by atoms with Crippen LogP contribution in [0.3, 0.4) is 0 Å². The van der Waals surface area contributed by atoms with E-state index in [2.05, 4.69) is 19.1 Å². The summed E-state index contributed by atoms with van der Waals surface area (Å²) in [6.07, 6.45) is 0. The minimum Gasteiger partial charge on any atom is -0.343 e. The van der Waals surface area contributed by atoms with Crippen LogP contribution < -0.4 is 5.30 Å². The zero-order valence-corrected chi connectivity index (χ0v) is 10.6. The van der Waals surface area contributed by atoms with Crippen LogP contribution in [-0.4, -0.2) is 4.89 Å². The molecular weight excluding hydrogens is 231 g/mol. The van der Waals surface area contributed by atoms with Crippen molar-refractivity contribution in [2.45, 2.75) is 12.8 Å². The Morgan fingerprint density at radius 2 is 1.47 bits per heavy atom. The molecule has 2 unspecified atom stereocenters. The van der Waals surface area contributed by atoms with Crippen molar-refractivity contribution in [2.75, 3.05) is 0 Å². The van der Waals surface area contributed by atoms with Crippen LogP contribution in [-0.2, 0) is 4.57 Å². The first-order chi connectivity index (χ1) is 8.18. The van der Waals surface area contributed by atoms with Crippen LogP contribution >= 0.6 is 8.03 Å². The van der Waals surface area contributed by atoms with E-state index in [4.69, 9.17) is 4.89 Å². The lowest BCUT2D eigenvalue weighted by Crippen LogP contribution is -2.00. The molecule has 2 aromatic carbocycles. The molecule has 0 amide bonds. The molecule has 0 aliphatic carbocycles. The lowest BCUT2D eigenvalue weighted by atomic mass is 9.93. The highest BCUT2D eigenvalue weighted by molar-refractivity contribution is 7.47. The molecule has 0 spiro atoms. The lowest BCUT2D eigenvalue weighted by Gasteiger charge is -2.12. The van der Waals surface area contributed by atoms with E-state index in [0.29, 0.717) is 11.2 Å². The van der Waals surface area contributed by atoms with Crippen molar-refractivity contribution >= 4 is 13.3 Å². The maximum Gasteiger partial charge on any atom is 0.218 e. The van der Waals surface area contributed by atoms with Gasteiger partial charge >= 0.3 is 0 Å². The van der Waals surface area contributed by atoms with Crippen molar-refractivity contribution in [1.82, 2.24) is 0 Å². The molecule has 0 saturated heterocycles. The van der Waals surface area contributed by atoms with Gasteiger partial charge in [-0.1, -0.05) is 49.4 Å². The van der Waals surface area contributed by atoms with Crippen LogP contribution in [0.15, 0.2) is 54.6 Å². The quantitative estimate of drug-likeness (QED) is 0.845. The van der Waals surface area contributed by atoms with E-state index >= 15 is 0 Å². The summed E-state index contributed by atoms with van der Waals surface area (Å²) in [6, 6.07) is 17.5. The van der Waals surface area contributed by atoms with Crippen molar-refractivity contribution in [3.05, 3.63) is 65.7 Å². The van der Waals surface area contributed by atoms with Gasteiger partial charge in [0.2, 0.25) is 8.03 Å². The second kappa shape index (κ2) is 5.31. The smallest absolute Gasteiger partial charge is 0.218 e. The third kappa shape index (κ3) is 2.85. The van der Waals surface area contributed by atoms with Gasteiger partial charge in [0.05, 0.1) is 0 Å². The summed E-state index contributed by atoms with van der Waals surface area (Å²) in [5, 5.41) is 0.513. The highest BCUT2D eigenvalue weighted by Crippen LogP contribution is 2.24. The summed E-state index contributed by atoms with van der Waals surface area (Å²) in [5.74, 6) is 0.297. The molecule has 2 nitrogen and oxygen atoms in total. The SMILES string of the molecule is CC(c1ccccc1)c1ccc([PH](=O)O)cc1. The van der Waals surface area contributed by atoms with Crippen molar-refractivity contribution in [3.63, 3.8) is 0 Å². The van der Waals surface area contributed by atoms with E-state index in [0.717, 1.165) is 5.56 Å². The van der Waals surface area contributed by atoms with Gasteiger partial charge in [-0.2, -0.15) is 0 Å². The second-order valence-electron chi connectivity index (χ2n) is 4.06. The largest absolute Gasteiger partial charge is 0.343 e. The third-order valence-corrected chi connectivity index (χ3v) is 3.78. The van der Waals surface area contributed by atoms with Crippen molar-refractivity contribution in [1.29, 1.82) is 0 Å². The summed E-state index contributed by atoms with van der Waals surface area (Å²) in [5.41, 5.74) is 2.40. The Morgan fingerprint density at radius 1 is 0.941 bits per heavy atom. The Labute approximate surface area is 102 Å². The minimum absolute atomic E-state index is 0.297. The summed E-state index contributed by atoms with van der Waals surface area (Å²) in [4.78, 5) is 9.02. The normalized spacial score (nSPS) is 14.2. The average Bonchev–Trinajstić information content (AvgIpc) is 2.39. The van der Waals surface area contributed by atoms with Crippen LogP contribution in [0.1, 0.15) is 24.0 Å². The molecule has 0 saturated carbocycles. The molecule has 2 atom stereocenters. The molecule has 88 valence electrons. The van der Waals surface area contributed by atoms with Gasteiger partial charge in [-0.05, 0) is 23.3 Å². The standard InChI is InChI=1S/C14H15O2P/c1-11(12-5-3-2-4-6-12)13-7-9-14(10-8-13)17(15)16/h2-11,17H,1H3,(H,15,16). The van der Waals surface area contributed by atoms with Crippen LogP contribution in [0.25, 0.3) is 0 Å². The van der Waals surface area contributed by atoms with Crippen LogP contribution in [0.2, 0.25) is 0 Å². The highest BCUT2D eigenvalue weighted by atomic mass is 31.1. The van der Waals surface area contributed by atoms with Crippen molar-refractivity contribution in [2.24, 2.45) is 0 Å². The predicted molar refractivity (Wildman–Crippen MR) is 71.3 cm³/mol. The molecule has 0 aromatic heterocycles. The summed E-state index contributed by atoms with van der Waals surface area (Å²) in [6.45, 7) is 2.13. The Bertz CT molecular complexity index is 506. The maximum absolute atomic E-state index is 10.9. The van der Waals surface area contributed by atoms with Gasteiger partial charge in [0.1, 0.15) is 0 Å². The van der Waals surface area contributed by atoms with Gasteiger partial charge in [-0.3, -0.25) is 4.57 Å². The fourth-order valence-electron chi connectivity index (χ4n) is 1.85. The monoisotopic (exact) mass is 246 g/mol. The molecule has 17 heavy (non-hydrogen) atoms. The number of rotatable bonds is 3. The lowest BCUT2D eigenvalue weighted by molar-refractivity contribution is 0.513. The van der Waals surface area contributed by atoms with Gasteiger partial charge in [0, 0.05) is 11.2 Å². The molecule has 3 heteroatoms. The summed E-state index contributed by atoms with van der Waals surface area (Å²) < 4.78 is 10.9. The fourth-order valence-corrected chi connectivity index (χ4v) is 2.30. The fraction of sp³-hybridized carbons (Fsp3) is 0.143. The van der Waals surface area contributed by atoms with E-state index in [1.54, 1.807) is 12.1 Å². The van der Waals surface area contributed by atoms with E-state index in [1.165, 1.54) is 5.56 Å². The van der Waals surface area contributed by atoms with Crippen molar-refractivity contribution < 1.29 is 9.46 Å². The predicted octanol–water partition coefficient (Wildman–Crippen LogP) is 2.93. The summed E-state index contributed by atoms with van der Waals surface area (Å²) in [7, 11) is -2.57. The first kappa shape index (κ1) is 12.1. The topological polar surface area (TPSA) is 37.3 Å². The van der Waals surface area contributed by atoms with E-state index in [-0.39, 0.29) is 0 Å². The summed E-state index contributed by atoms with van der Waals surface area (Å²) >= 11 is 0. The van der Waals surface area contributed by atoms with Gasteiger partial charge in [-0.25, -0.2) is 0 Å². The van der Waals surface area contributed by atoms with Crippen molar-refractivity contribution in [3.8, 4) is 0 Å². The average molecular weight is 246 g/mol. The Hall–Kier alpha value is -1.37. The van der Waals surface area contributed by atoms with E-state index in [9.17, 15) is 4.57 Å². The van der Waals surface area contributed by atoms with Crippen LogP contribution in [0.5, 0.6) is 0 Å². The Morgan fingerprint density at radius 3 is 2.00 bits per heavy atom. The van der Waals surface area contributed by atoms with E-state index in [1.807, 2.05) is 30.3 Å². The Kier molecular flexibility index (Phi) is 3.78. The van der Waals surface area contributed by atoms with Crippen LogP contribution in [0.4, 0.5) is 0 Å². The number of hydrogen-bond donors (Lipinski definition) is 1. The maximum atomic E-state index is 10.9. The Balaban J connectivity index is 2.26. The van der Waals surface area contributed by atoms with Gasteiger partial charge in [-0.15, -0.1) is 0 Å². The molecule has 0 radical (unpaired) electrons. The zero-order chi connectivity index (χ0) is 12.3. The first-order valence-corrected chi connectivity index (χ1v) is 6.92. The molecular formula is C14H15O2P. The molecule has 0 aliphatic heterocycles. The molecule has 2 rings (SSSR count). The molecule has 0 heterocycles. The first-order valence-electron chi connectivity index (χ1n) is 5.56. The van der Waals surface area contributed by atoms with Crippen LogP contribution in [0, 0.1) is 0 Å². The number of benzene rings is 2. The highest BCUT2D eigenvalue weighted by Gasteiger charge is 2.08. The minimum atomic E-state index is -2.57. The van der Waals surface area contributed by atoms with Gasteiger partial charge < -0.3 is 4.89 Å². The van der Waals surface area contributed by atoms with Gasteiger partial charge in [0.25, 0.3) is 0 Å². The zero-order valence-electron chi connectivity index (χ0n) is 9.63. The van der Waals surface area contributed by atoms with E-state index < -0.39 is 8.03 Å². The third-order valence-electron chi connectivity index (χ3n) is 2.96. The van der Waals surface area contributed by atoms with Gasteiger partial charge in [0.15, 0.2) is 0 Å². The molecule has 1 N–H and O–H groups in total. The molecule has 2 aromatic rings. The molecule has 0 fully saturated rings. The molecule has 0 bridgehead atoms. The second-order valence-corrected chi connectivity index (χ2v) is 5.25. The number of hydrogen-bond acceptors (Lipinski definition) is 1.